The molecule has 0 bridgehead atoms. The molecule has 0 unspecified atom stereocenters. The van der Waals surface area contributed by atoms with E-state index < -0.39 is 15.9 Å². The molecule has 2 aromatic rings. The Hall–Kier alpha value is -2.63. The number of halogens is 1. The third-order valence-corrected chi connectivity index (χ3v) is 7.70. The van der Waals surface area contributed by atoms with Crippen LogP contribution >= 0.6 is 11.6 Å². The van der Waals surface area contributed by atoms with E-state index >= 15 is 0 Å². The molecule has 1 aromatic heterocycles. The number of nitrogens with zero attached hydrogens (tertiary/aromatic N) is 4. The molecule has 0 spiro atoms. The quantitative estimate of drug-likeness (QED) is 0.523. The molecule has 1 saturated carbocycles. The maximum absolute atomic E-state index is 12.1. The third-order valence-electron chi connectivity index (χ3n) is 5.51. The number of amides is 1. The van der Waals surface area contributed by atoms with Gasteiger partial charge in [0.15, 0.2) is 0 Å². The molecule has 2 heterocycles. The first kappa shape index (κ1) is 22.6. The number of carbonyl (C=O) groups excluding carboxylic acids is 1. The molecule has 4 rings (SSSR count). The number of nitrogens with one attached hydrogen (secondary N) is 2. The van der Waals surface area contributed by atoms with Gasteiger partial charge in [-0.2, -0.15) is 9.29 Å². The van der Waals surface area contributed by atoms with E-state index in [1.165, 1.54) is 10.5 Å². The number of aromatic nitrogens is 2. The Morgan fingerprint density at radius 1 is 1.25 bits per heavy atom. The smallest absolute Gasteiger partial charge is 0.254 e. The second-order valence-corrected chi connectivity index (χ2v) is 10.5. The fraction of sp³-hybridized carbons (Fsp3) is 0.450. The minimum absolute atomic E-state index is 0.106. The number of piperazine rings is 1. The Kier molecular flexibility index (Phi) is 6.40. The summed E-state index contributed by atoms with van der Waals surface area (Å²) in [7, 11) is -3.18. The monoisotopic (exact) mass is 479 g/mol. The number of carbonyl (C=O) groups is 1. The molecule has 2 fully saturated rings. The summed E-state index contributed by atoms with van der Waals surface area (Å²) in [6.07, 6.45) is 3.46. The molecular formula is C20H26ClN7O3S. The number of rotatable bonds is 8. The summed E-state index contributed by atoms with van der Waals surface area (Å²) in [5.74, 6) is 0.258. The fourth-order valence-electron chi connectivity index (χ4n) is 3.51. The molecule has 1 saturated heterocycles. The van der Waals surface area contributed by atoms with Gasteiger partial charge in [0, 0.05) is 44.1 Å². The van der Waals surface area contributed by atoms with Gasteiger partial charge in [0.1, 0.15) is 5.82 Å². The van der Waals surface area contributed by atoms with E-state index in [1.807, 2.05) is 12.1 Å². The summed E-state index contributed by atoms with van der Waals surface area (Å²) < 4.78 is 25.6. The van der Waals surface area contributed by atoms with Crippen LogP contribution in [0.1, 0.15) is 30.1 Å². The number of sulfonamides is 1. The molecule has 32 heavy (non-hydrogen) atoms. The summed E-state index contributed by atoms with van der Waals surface area (Å²) in [6.45, 7) is 3.66. The highest BCUT2D eigenvalue weighted by molar-refractivity contribution is 7.89. The van der Waals surface area contributed by atoms with Gasteiger partial charge < -0.3 is 21.3 Å². The highest BCUT2D eigenvalue weighted by atomic mass is 35.5. The standard InChI is InChI=1S/C20H26ClN7O3S/c1-2-32(30,31)28-9-7-27(8-10-28)17-6-5-14(11-16(17)21)25-20-23-12-15(18(22)29)19(26-20)24-13-3-4-13/h5-6,11-13H,2-4,7-10H2,1H3,(H2,22,29)(H2,23,24,25,26). The van der Waals surface area contributed by atoms with Crippen LogP contribution in [0.4, 0.5) is 23.1 Å². The van der Waals surface area contributed by atoms with E-state index in [2.05, 4.69) is 25.5 Å². The zero-order valence-corrected chi connectivity index (χ0v) is 19.3. The van der Waals surface area contributed by atoms with Gasteiger partial charge in [0.2, 0.25) is 16.0 Å². The van der Waals surface area contributed by atoms with Crippen molar-refractivity contribution in [2.24, 2.45) is 5.73 Å². The number of primary amides is 1. The lowest BCUT2D eigenvalue weighted by atomic mass is 10.2. The Morgan fingerprint density at radius 3 is 2.56 bits per heavy atom. The summed E-state index contributed by atoms with van der Waals surface area (Å²) in [5, 5.41) is 6.84. The summed E-state index contributed by atoms with van der Waals surface area (Å²) in [6, 6.07) is 5.81. The van der Waals surface area contributed by atoms with Crippen molar-refractivity contribution in [3.63, 3.8) is 0 Å². The first-order chi connectivity index (χ1) is 15.3. The van der Waals surface area contributed by atoms with Gasteiger partial charge in [0.25, 0.3) is 5.91 Å². The lowest BCUT2D eigenvalue weighted by molar-refractivity contribution is 0.100. The highest BCUT2D eigenvalue weighted by Crippen LogP contribution is 2.31. The summed E-state index contributed by atoms with van der Waals surface area (Å²) >= 11 is 6.53. The fourth-order valence-corrected chi connectivity index (χ4v) is 4.90. The van der Waals surface area contributed by atoms with Crippen molar-refractivity contribution in [1.29, 1.82) is 0 Å². The van der Waals surface area contributed by atoms with E-state index in [0.29, 0.717) is 54.7 Å². The van der Waals surface area contributed by atoms with Gasteiger partial charge in [-0.1, -0.05) is 11.6 Å². The number of benzene rings is 1. The largest absolute Gasteiger partial charge is 0.368 e. The highest BCUT2D eigenvalue weighted by Gasteiger charge is 2.27. The average molecular weight is 480 g/mol. The van der Waals surface area contributed by atoms with Crippen molar-refractivity contribution in [3.8, 4) is 0 Å². The van der Waals surface area contributed by atoms with Crippen molar-refractivity contribution in [2.75, 3.05) is 47.5 Å². The van der Waals surface area contributed by atoms with Gasteiger partial charge in [-0.15, -0.1) is 0 Å². The van der Waals surface area contributed by atoms with E-state index in [-0.39, 0.29) is 11.3 Å². The van der Waals surface area contributed by atoms with E-state index in [0.717, 1.165) is 18.5 Å². The predicted molar refractivity (Wildman–Crippen MR) is 125 cm³/mol. The van der Waals surface area contributed by atoms with Gasteiger partial charge >= 0.3 is 0 Å². The van der Waals surface area contributed by atoms with Crippen LogP contribution in [0.25, 0.3) is 0 Å². The summed E-state index contributed by atoms with van der Waals surface area (Å²) in [4.78, 5) is 22.3. The van der Waals surface area contributed by atoms with Crippen molar-refractivity contribution in [1.82, 2.24) is 14.3 Å². The van der Waals surface area contributed by atoms with Crippen LogP contribution in [0.2, 0.25) is 5.02 Å². The predicted octanol–water partition coefficient (Wildman–Crippen LogP) is 2.02. The first-order valence-electron chi connectivity index (χ1n) is 10.5. The zero-order chi connectivity index (χ0) is 22.9. The first-order valence-corrected chi connectivity index (χ1v) is 12.5. The summed E-state index contributed by atoms with van der Waals surface area (Å²) in [5.41, 5.74) is 7.20. The van der Waals surface area contributed by atoms with Crippen molar-refractivity contribution < 1.29 is 13.2 Å². The Morgan fingerprint density at radius 2 is 1.97 bits per heavy atom. The average Bonchev–Trinajstić information content (AvgIpc) is 3.58. The minimum Gasteiger partial charge on any atom is -0.368 e. The number of hydrogen-bond donors (Lipinski definition) is 3. The van der Waals surface area contributed by atoms with Gasteiger partial charge in [-0.05, 0) is 38.0 Å². The molecule has 0 atom stereocenters. The second-order valence-electron chi connectivity index (χ2n) is 7.82. The molecule has 172 valence electrons. The Labute approximate surface area is 192 Å². The molecular weight excluding hydrogens is 454 g/mol. The van der Waals surface area contributed by atoms with E-state index in [9.17, 15) is 13.2 Å². The number of nitrogens with two attached hydrogens (primary N) is 1. The lowest BCUT2D eigenvalue weighted by Gasteiger charge is -2.35. The molecule has 1 aliphatic carbocycles. The maximum Gasteiger partial charge on any atom is 0.254 e. The van der Waals surface area contributed by atoms with Gasteiger partial charge in [-0.25, -0.2) is 13.4 Å². The van der Waals surface area contributed by atoms with Crippen molar-refractivity contribution >= 4 is 50.7 Å². The SMILES string of the molecule is CCS(=O)(=O)N1CCN(c2ccc(Nc3ncc(C(N)=O)c(NC4CC4)n3)cc2Cl)CC1. The van der Waals surface area contributed by atoms with Crippen LogP contribution in [0.15, 0.2) is 24.4 Å². The van der Waals surface area contributed by atoms with E-state index in [4.69, 9.17) is 17.3 Å². The molecule has 1 aliphatic heterocycles. The molecule has 10 nitrogen and oxygen atoms in total. The molecule has 0 radical (unpaired) electrons. The minimum atomic E-state index is -3.18. The topological polar surface area (TPSA) is 134 Å². The zero-order valence-electron chi connectivity index (χ0n) is 17.7. The lowest BCUT2D eigenvalue weighted by Crippen LogP contribution is -2.49. The van der Waals surface area contributed by atoms with Crippen LogP contribution in [0, 0.1) is 0 Å². The van der Waals surface area contributed by atoms with Crippen molar-refractivity contribution in [3.05, 3.63) is 35.0 Å². The number of anilines is 4. The van der Waals surface area contributed by atoms with Gasteiger partial charge in [0.05, 0.1) is 22.0 Å². The molecule has 12 heteroatoms. The second kappa shape index (κ2) is 9.08. The maximum atomic E-state index is 12.1. The third kappa shape index (κ3) is 5.05. The normalized spacial score (nSPS) is 17.2. The molecule has 1 amide bonds. The molecule has 1 aromatic carbocycles. The number of hydrogen-bond acceptors (Lipinski definition) is 8. The Balaban J connectivity index is 1.45. The van der Waals surface area contributed by atoms with Crippen LogP contribution in [-0.2, 0) is 10.0 Å². The van der Waals surface area contributed by atoms with E-state index in [1.54, 1.807) is 13.0 Å². The molecule has 2 aliphatic rings. The van der Waals surface area contributed by atoms with Crippen LogP contribution in [0.5, 0.6) is 0 Å². The van der Waals surface area contributed by atoms with Crippen molar-refractivity contribution in [2.45, 2.75) is 25.8 Å². The van der Waals surface area contributed by atoms with Crippen LogP contribution in [0.3, 0.4) is 0 Å². The Bertz CT molecular complexity index is 1120. The van der Waals surface area contributed by atoms with Crippen LogP contribution in [-0.4, -0.2) is 66.6 Å². The molecule has 4 N–H and O–H groups in total. The van der Waals surface area contributed by atoms with Gasteiger partial charge in [-0.3, -0.25) is 4.79 Å². The van der Waals surface area contributed by atoms with Crippen LogP contribution < -0.4 is 21.3 Å².